The number of hydrogen-bond donors (Lipinski definition) is 4. The number of aldehydes is 1. The van der Waals surface area contributed by atoms with Crippen molar-refractivity contribution < 1.29 is 29.6 Å². The Morgan fingerprint density at radius 1 is 1.44 bits per heavy atom. The van der Waals surface area contributed by atoms with Crippen molar-refractivity contribution in [2.45, 2.75) is 11.9 Å². The third-order valence-electron chi connectivity index (χ3n) is 2.19. The average molecular weight is 255 g/mol. The number of para-hydroxylation sites is 1. The molecule has 0 saturated carbocycles. The van der Waals surface area contributed by atoms with Crippen molar-refractivity contribution in [2.75, 3.05) is 6.61 Å². The van der Waals surface area contributed by atoms with Crippen LogP contribution in [-0.4, -0.2) is 46.0 Å². The molecular formula is C11H13NO6. The second kappa shape index (κ2) is 5.58. The van der Waals surface area contributed by atoms with Gasteiger partial charge in [0.2, 0.25) is 5.79 Å². The maximum absolute atomic E-state index is 10.7. The highest BCUT2D eigenvalue weighted by atomic mass is 16.6. The first-order valence-electron chi connectivity index (χ1n) is 4.97. The Hall–Kier alpha value is -1.96. The molecule has 0 aliphatic carbocycles. The van der Waals surface area contributed by atoms with Gasteiger partial charge in [0.05, 0.1) is 5.56 Å². The molecule has 1 aromatic carbocycles. The highest BCUT2D eigenvalue weighted by Gasteiger charge is 2.38. The number of nitrogens with two attached hydrogens (primary N) is 1. The minimum absolute atomic E-state index is 0.0941. The highest BCUT2D eigenvalue weighted by Crippen LogP contribution is 2.18. The molecule has 0 radical (unpaired) electrons. The molecule has 1 aromatic rings. The molecule has 0 spiro atoms. The fourth-order valence-electron chi connectivity index (χ4n) is 1.20. The van der Waals surface area contributed by atoms with E-state index in [1.165, 1.54) is 12.1 Å². The van der Waals surface area contributed by atoms with E-state index in [0.29, 0.717) is 6.29 Å². The summed E-state index contributed by atoms with van der Waals surface area (Å²) in [5, 5.41) is 27.9. The molecule has 7 heteroatoms. The number of amides is 1. The normalized spacial score (nSPS) is 12.8. The van der Waals surface area contributed by atoms with Gasteiger partial charge in [0, 0.05) is 0 Å². The van der Waals surface area contributed by atoms with Gasteiger partial charge in [0.25, 0.3) is 5.91 Å². The van der Waals surface area contributed by atoms with Gasteiger partial charge >= 0.3 is 0 Å². The Morgan fingerprint density at radius 2 is 2.06 bits per heavy atom. The van der Waals surface area contributed by atoms with Gasteiger partial charge in [-0.3, -0.25) is 9.59 Å². The predicted octanol–water partition coefficient (Wildman–Crippen LogP) is -1.59. The summed E-state index contributed by atoms with van der Waals surface area (Å²) in [6.07, 6.45) is -1.67. The average Bonchev–Trinajstić information content (AvgIpc) is 2.35. The van der Waals surface area contributed by atoms with Crippen LogP contribution in [0.2, 0.25) is 0 Å². The monoisotopic (exact) mass is 255 g/mol. The van der Waals surface area contributed by atoms with Crippen molar-refractivity contribution in [1.29, 1.82) is 0 Å². The summed E-state index contributed by atoms with van der Waals surface area (Å²) in [6.45, 7) is -0.817. The summed E-state index contributed by atoms with van der Waals surface area (Å²) in [7, 11) is 0. The molecule has 1 rings (SSSR count). The van der Waals surface area contributed by atoms with Gasteiger partial charge in [0.15, 0.2) is 12.4 Å². The van der Waals surface area contributed by atoms with E-state index in [9.17, 15) is 19.8 Å². The largest absolute Gasteiger partial charge is 0.487 e. The smallest absolute Gasteiger partial charge is 0.252 e. The molecule has 0 aromatic heterocycles. The van der Waals surface area contributed by atoms with Crippen LogP contribution in [0, 0.1) is 0 Å². The first-order chi connectivity index (χ1) is 8.38. The van der Waals surface area contributed by atoms with Crippen LogP contribution in [0.5, 0.6) is 5.75 Å². The molecular weight excluding hydrogens is 242 g/mol. The van der Waals surface area contributed by atoms with E-state index in [-0.39, 0.29) is 11.3 Å². The Balaban J connectivity index is 2.75. The van der Waals surface area contributed by atoms with Gasteiger partial charge in [-0.2, -0.15) is 0 Å². The SMILES string of the molecule is NC(=O)C(O)C(O)(O)COc1ccccc1C=O. The first-order valence-corrected chi connectivity index (χ1v) is 4.97. The third-order valence-corrected chi connectivity index (χ3v) is 2.19. The summed E-state index contributed by atoms with van der Waals surface area (Å²) in [6, 6.07) is 6.06. The minimum Gasteiger partial charge on any atom is -0.487 e. The number of benzene rings is 1. The van der Waals surface area contributed by atoms with E-state index in [1.54, 1.807) is 12.1 Å². The Morgan fingerprint density at radius 3 is 2.61 bits per heavy atom. The van der Waals surface area contributed by atoms with E-state index < -0.39 is 24.4 Å². The molecule has 1 unspecified atom stereocenters. The van der Waals surface area contributed by atoms with E-state index >= 15 is 0 Å². The van der Waals surface area contributed by atoms with Gasteiger partial charge in [0.1, 0.15) is 12.4 Å². The zero-order valence-electron chi connectivity index (χ0n) is 9.31. The number of primary amides is 1. The molecule has 18 heavy (non-hydrogen) atoms. The lowest BCUT2D eigenvalue weighted by atomic mass is 10.1. The summed E-state index contributed by atoms with van der Waals surface area (Å²) >= 11 is 0. The molecule has 7 nitrogen and oxygen atoms in total. The minimum atomic E-state index is -2.83. The molecule has 1 amide bonds. The predicted molar refractivity (Wildman–Crippen MR) is 59.7 cm³/mol. The molecule has 5 N–H and O–H groups in total. The lowest BCUT2D eigenvalue weighted by Crippen LogP contribution is -2.53. The topological polar surface area (TPSA) is 130 Å². The van der Waals surface area contributed by atoms with Crippen LogP contribution in [0.15, 0.2) is 24.3 Å². The van der Waals surface area contributed by atoms with Crippen molar-refractivity contribution >= 4 is 12.2 Å². The van der Waals surface area contributed by atoms with Crippen LogP contribution in [-0.2, 0) is 4.79 Å². The van der Waals surface area contributed by atoms with Crippen LogP contribution in [0.25, 0.3) is 0 Å². The van der Waals surface area contributed by atoms with Crippen LogP contribution in [0.1, 0.15) is 10.4 Å². The lowest BCUT2D eigenvalue weighted by molar-refractivity contribution is -0.234. The zero-order chi connectivity index (χ0) is 13.8. The molecule has 0 saturated heterocycles. The van der Waals surface area contributed by atoms with Gasteiger partial charge in [-0.15, -0.1) is 0 Å². The quantitative estimate of drug-likeness (QED) is 0.358. The third kappa shape index (κ3) is 3.27. The second-order valence-corrected chi connectivity index (χ2v) is 3.63. The number of ether oxygens (including phenoxy) is 1. The van der Waals surface area contributed by atoms with Crippen LogP contribution < -0.4 is 10.5 Å². The number of aliphatic hydroxyl groups is 3. The molecule has 0 aliphatic rings. The molecule has 98 valence electrons. The molecule has 0 bridgehead atoms. The number of carbonyl (C=O) groups excluding carboxylic acids is 2. The Bertz CT molecular complexity index is 445. The number of aliphatic hydroxyl groups excluding tert-OH is 1. The number of carbonyl (C=O) groups is 2. The van der Waals surface area contributed by atoms with Gasteiger partial charge < -0.3 is 25.8 Å². The molecule has 0 aliphatic heterocycles. The Labute approximate surface area is 102 Å². The van der Waals surface area contributed by atoms with Crippen LogP contribution in [0.4, 0.5) is 0 Å². The summed E-state index contributed by atoms with van der Waals surface area (Å²) in [4.78, 5) is 21.3. The fraction of sp³-hybridized carbons (Fsp3) is 0.273. The standard InChI is InChI=1S/C11H13NO6/c12-10(15)9(14)11(16,17)6-18-8-4-2-1-3-7(8)5-13/h1-5,9,14,16-17H,6H2,(H2,12,15). The molecule has 0 heterocycles. The van der Waals surface area contributed by atoms with Crippen molar-refractivity contribution in [3.05, 3.63) is 29.8 Å². The summed E-state index contributed by atoms with van der Waals surface area (Å²) in [5.74, 6) is -4.04. The highest BCUT2D eigenvalue weighted by molar-refractivity contribution is 5.80. The van der Waals surface area contributed by atoms with Crippen LogP contribution in [0.3, 0.4) is 0 Å². The summed E-state index contributed by atoms with van der Waals surface area (Å²) < 4.78 is 4.97. The lowest BCUT2D eigenvalue weighted by Gasteiger charge is -2.25. The molecule has 1 atom stereocenters. The van der Waals surface area contributed by atoms with E-state index in [4.69, 9.17) is 15.6 Å². The number of hydrogen-bond acceptors (Lipinski definition) is 6. The van der Waals surface area contributed by atoms with Crippen LogP contribution >= 0.6 is 0 Å². The van der Waals surface area contributed by atoms with E-state index in [0.717, 1.165) is 0 Å². The van der Waals surface area contributed by atoms with Crippen molar-refractivity contribution in [3.8, 4) is 5.75 Å². The maximum Gasteiger partial charge on any atom is 0.252 e. The zero-order valence-corrected chi connectivity index (χ0v) is 9.31. The van der Waals surface area contributed by atoms with E-state index in [1.807, 2.05) is 0 Å². The van der Waals surface area contributed by atoms with Gasteiger partial charge in [-0.1, -0.05) is 12.1 Å². The maximum atomic E-state index is 10.7. The first kappa shape index (κ1) is 14.1. The van der Waals surface area contributed by atoms with Gasteiger partial charge in [-0.25, -0.2) is 0 Å². The molecule has 0 fully saturated rings. The second-order valence-electron chi connectivity index (χ2n) is 3.63. The number of rotatable bonds is 6. The Kier molecular flexibility index (Phi) is 4.38. The van der Waals surface area contributed by atoms with Crippen molar-refractivity contribution in [3.63, 3.8) is 0 Å². The van der Waals surface area contributed by atoms with Crippen molar-refractivity contribution in [2.24, 2.45) is 5.73 Å². The van der Waals surface area contributed by atoms with E-state index in [2.05, 4.69) is 0 Å². The fourth-order valence-corrected chi connectivity index (χ4v) is 1.20. The summed E-state index contributed by atoms with van der Waals surface area (Å²) in [5.41, 5.74) is 4.92. The van der Waals surface area contributed by atoms with Crippen molar-refractivity contribution in [1.82, 2.24) is 0 Å². The van der Waals surface area contributed by atoms with Gasteiger partial charge in [-0.05, 0) is 12.1 Å².